The number of fused-ring (bicyclic) bond motifs is 3. The Balaban J connectivity index is 1.78. The fraction of sp³-hybridized carbons (Fsp3) is 0.333. The molecule has 2 heterocycles. The van der Waals surface area contributed by atoms with Crippen molar-refractivity contribution in [3.8, 4) is 0 Å². The third-order valence-corrected chi connectivity index (χ3v) is 5.96. The molecule has 2 aliphatic heterocycles. The first-order valence-electron chi connectivity index (χ1n) is 10.1. The van der Waals surface area contributed by atoms with Gasteiger partial charge in [-0.3, -0.25) is 9.59 Å². The third-order valence-electron chi connectivity index (χ3n) is 5.96. The number of nitrogens with zero attached hydrogens (tertiary/aromatic N) is 3. The summed E-state index contributed by atoms with van der Waals surface area (Å²) < 4.78 is 0. The molecule has 1 fully saturated rings. The zero-order valence-corrected chi connectivity index (χ0v) is 16.8. The summed E-state index contributed by atoms with van der Waals surface area (Å²) in [6.07, 6.45) is 2.11. The molecule has 1 saturated heterocycles. The van der Waals surface area contributed by atoms with Gasteiger partial charge in [0.1, 0.15) is 0 Å². The van der Waals surface area contributed by atoms with Crippen molar-refractivity contribution in [2.45, 2.75) is 12.5 Å². The van der Waals surface area contributed by atoms with Crippen molar-refractivity contribution >= 4 is 17.5 Å². The van der Waals surface area contributed by atoms with Gasteiger partial charge in [-0.2, -0.15) is 0 Å². The van der Waals surface area contributed by atoms with E-state index in [1.165, 1.54) is 0 Å². The standard InChI is InChI=1S/C24H27N3O2/c1-3-14-26-17-19-16-25(2)21-12-8-7-11-20(21)23(19)27(15-13-22(26)28)24(29)18-9-5-4-6-10-18/h3-12,19,23H,1,13-17H2,2H3/t19-,23-/m1/s1. The highest BCUT2D eigenvalue weighted by atomic mass is 16.2. The van der Waals surface area contributed by atoms with E-state index in [2.05, 4.69) is 30.7 Å². The molecule has 0 aromatic heterocycles. The summed E-state index contributed by atoms with van der Waals surface area (Å²) in [5, 5.41) is 0. The minimum atomic E-state index is -0.0597. The van der Waals surface area contributed by atoms with E-state index in [1.807, 2.05) is 52.3 Å². The van der Waals surface area contributed by atoms with Crippen LogP contribution in [0, 0.1) is 5.92 Å². The molecule has 0 unspecified atom stereocenters. The molecule has 5 heteroatoms. The zero-order valence-electron chi connectivity index (χ0n) is 16.8. The Hall–Kier alpha value is -3.08. The Labute approximate surface area is 172 Å². The molecule has 2 aromatic rings. The van der Waals surface area contributed by atoms with Gasteiger partial charge in [0.2, 0.25) is 5.91 Å². The predicted molar refractivity (Wildman–Crippen MR) is 115 cm³/mol. The number of hydrogen-bond donors (Lipinski definition) is 0. The topological polar surface area (TPSA) is 43.9 Å². The van der Waals surface area contributed by atoms with Crippen LogP contribution in [-0.4, -0.2) is 54.8 Å². The maximum atomic E-state index is 13.5. The first kappa shape index (κ1) is 19.2. The van der Waals surface area contributed by atoms with Gasteiger partial charge in [0.15, 0.2) is 0 Å². The molecule has 4 rings (SSSR count). The van der Waals surface area contributed by atoms with Crippen LogP contribution in [0.2, 0.25) is 0 Å². The van der Waals surface area contributed by atoms with E-state index in [9.17, 15) is 9.59 Å². The van der Waals surface area contributed by atoms with Crippen molar-refractivity contribution in [1.82, 2.24) is 9.80 Å². The molecule has 0 radical (unpaired) electrons. The third kappa shape index (κ3) is 3.65. The minimum absolute atomic E-state index is 0.00933. The van der Waals surface area contributed by atoms with E-state index < -0.39 is 0 Å². The molecule has 0 spiro atoms. The number of benzene rings is 2. The van der Waals surface area contributed by atoms with Crippen LogP contribution in [0.3, 0.4) is 0 Å². The van der Waals surface area contributed by atoms with Gasteiger partial charge in [0, 0.05) is 56.8 Å². The van der Waals surface area contributed by atoms with Crippen molar-refractivity contribution in [2.24, 2.45) is 5.92 Å². The SMILES string of the molecule is C=CCN1C[C@H]2CN(C)c3ccccc3[C@@H]2N(C(=O)c2ccccc2)CCC1=O. The van der Waals surface area contributed by atoms with Crippen LogP contribution in [0.15, 0.2) is 67.3 Å². The molecule has 0 N–H and O–H groups in total. The molecule has 2 aromatic carbocycles. The molecule has 2 amide bonds. The Kier molecular flexibility index (Phi) is 5.38. The average Bonchev–Trinajstić information content (AvgIpc) is 2.74. The maximum absolute atomic E-state index is 13.5. The van der Waals surface area contributed by atoms with Crippen molar-refractivity contribution in [1.29, 1.82) is 0 Å². The van der Waals surface area contributed by atoms with Crippen LogP contribution in [-0.2, 0) is 4.79 Å². The lowest BCUT2D eigenvalue weighted by Crippen LogP contribution is -2.53. The van der Waals surface area contributed by atoms with Gasteiger partial charge in [-0.25, -0.2) is 0 Å². The minimum Gasteiger partial charge on any atom is -0.374 e. The monoisotopic (exact) mass is 389 g/mol. The second kappa shape index (κ2) is 8.11. The van der Waals surface area contributed by atoms with Crippen molar-refractivity contribution < 1.29 is 9.59 Å². The van der Waals surface area contributed by atoms with E-state index in [4.69, 9.17) is 0 Å². The van der Waals surface area contributed by atoms with E-state index in [-0.39, 0.29) is 23.8 Å². The molecule has 0 aliphatic carbocycles. The van der Waals surface area contributed by atoms with Gasteiger partial charge in [-0.15, -0.1) is 6.58 Å². The normalized spacial score (nSPS) is 21.7. The fourth-order valence-corrected chi connectivity index (χ4v) is 4.67. The molecule has 5 nitrogen and oxygen atoms in total. The Morgan fingerprint density at radius 3 is 2.59 bits per heavy atom. The summed E-state index contributed by atoms with van der Waals surface area (Å²) in [5.74, 6) is 0.201. The first-order valence-corrected chi connectivity index (χ1v) is 10.1. The number of amides is 2. The van der Waals surface area contributed by atoms with Crippen LogP contribution in [0.25, 0.3) is 0 Å². The lowest BCUT2D eigenvalue weighted by Gasteiger charge is -2.47. The molecule has 150 valence electrons. The van der Waals surface area contributed by atoms with Crippen molar-refractivity contribution in [2.75, 3.05) is 38.1 Å². The van der Waals surface area contributed by atoms with Gasteiger partial charge >= 0.3 is 0 Å². The highest BCUT2D eigenvalue weighted by Gasteiger charge is 2.41. The van der Waals surface area contributed by atoms with Gasteiger partial charge in [-0.05, 0) is 23.8 Å². The number of rotatable bonds is 3. The van der Waals surface area contributed by atoms with Crippen molar-refractivity contribution in [3.05, 3.63) is 78.4 Å². The van der Waals surface area contributed by atoms with E-state index in [0.717, 1.165) is 17.8 Å². The predicted octanol–water partition coefficient (Wildman–Crippen LogP) is 3.35. The van der Waals surface area contributed by atoms with Crippen LogP contribution in [0.1, 0.15) is 28.4 Å². The molecule has 2 aliphatic rings. The number of anilines is 1. The van der Waals surface area contributed by atoms with E-state index >= 15 is 0 Å². The van der Waals surface area contributed by atoms with Crippen LogP contribution in [0.5, 0.6) is 0 Å². The lowest BCUT2D eigenvalue weighted by atomic mass is 9.84. The Morgan fingerprint density at radius 1 is 1.10 bits per heavy atom. The number of para-hydroxylation sites is 1. The largest absolute Gasteiger partial charge is 0.374 e. The summed E-state index contributed by atoms with van der Waals surface area (Å²) in [7, 11) is 2.08. The summed E-state index contributed by atoms with van der Waals surface area (Å²) >= 11 is 0. The van der Waals surface area contributed by atoms with Gasteiger partial charge in [0.05, 0.1) is 6.04 Å². The van der Waals surface area contributed by atoms with E-state index in [1.54, 1.807) is 6.08 Å². The zero-order chi connectivity index (χ0) is 20.4. The van der Waals surface area contributed by atoms with Gasteiger partial charge in [-0.1, -0.05) is 42.5 Å². The molecule has 29 heavy (non-hydrogen) atoms. The smallest absolute Gasteiger partial charge is 0.254 e. The fourth-order valence-electron chi connectivity index (χ4n) is 4.67. The molecule has 0 bridgehead atoms. The second-order valence-corrected chi connectivity index (χ2v) is 7.85. The van der Waals surface area contributed by atoms with Gasteiger partial charge in [0.25, 0.3) is 5.91 Å². The highest BCUT2D eigenvalue weighted by Crippen LogP contribution is 2.42. The Morgan fingerprint density at radius 2 is 1.83 bits per heavy atom. The van der Waals surface area contributed by atoms with Crippen LogP contribution < -0.4 is 4.90 Å². The summed E-state index contributed by atoms with van der Waals surface area (Å²) in [6, 6.07) is 17.6. The molecular formula is C24H27N3O2. The number of hydrogen-bond acceptors (Lipinski definition) is 3. The maximum Gasteiger partial charge on any atom is 0.254 e. The van der Waals surface area contributed by atoms with Crippen LogP contribution in [0.4, 0.5) is 5.69 Å². The molecule has 2 atom stereocenters. The Bertz CT molecular complexity index is 911. The summed E-state index contributed by atoms with van der Waals surface area (Å²) in [5.41, 5.74) is 2.98. The second-order valence-electron chi connectivity index (χ2n) is 7.85. The average molecular weight is 389 g/mol. The highest BCUT2D eigenvalue weighted by molar-refractivity contribution is 5.95. The number of carbonyl (C=O) groups is 2. The summed E-state index contributed by atoms with van der Waals surface area (Å²) in [6.45, 7) is 6.18. The number of carbonyl (C=O) groups excluding carboxylic acids is 2. The quantitative estimate of drug-likeness (QED) is 0.756. The molecular weight excluding hydrogens is 362 g/mol. The lowest BCUT2D eigenvalue weighted by molar-refractivity contribution is -0.133. The van der Waals surface area contributed by atoms with E-state index in [0.29, 0.717) is 31.6 Å². The first-order chi connectivity index (χ1) is 14.1. The molecule has 0 saturated carbocycles. The van der Waals surface area contributed by atoms with Crippen molar-refractivity contribution in [3.63, 3.8) is 0 Å². The summed E-state index contributed by atoms with van der Waals surface area (Å²) in [4.78, 5) is 32.3. The van der Waals surface area contributed by atoms with Gasteiger partial charge < -0.3 is 14.7 Å². The van der Waals surface area contributed by atoms with Crippen LogP contribution >= 0.6 is 0 Å².